The lowest BCUT2D eigenvalue weighted by Gasteiger charge is -2.37. The fourth-order valence-corrected chi connectivity index (χ4v) is 4.88. The Morgan fingerprint density at radius 3 is 2.57 bits per heavy atom. The molecule has 0 aliphatic heterocycles. The summed E-state index contributed by atoms with van der Waals surface area (Å²) in [6.45, 7) is 8.07. The molecule has 0 saturated heterocycles. The van der Waals surface area contributed by atoms with Gasteiger partial charge in [0.1, 0.15) is 0 Å². The monoisotopic (exact) mass is 305 g/mol. The van der Waals surface area contributed by atoms with E-state index in [1.54, 1.807) is 11.1 Å². The van der Waals surface area contributed by atoms with Gasteiger partial charge in [0.2, 0.25) is 0 Å². The second-order valence-corrected chi connectivity index (χ2v) is 7.66. The first-order valence-corrected chi connectivity index (χ1v) is 9.76. The number of nitrogens with one attached hydrogen (secondary N) is 1. The number of hydrogen-bond acceptors (Lipinski definition) is 2. The Morgan fingerprint density at radius 1 is 1.10 bits per heavy atom. The van der Waals surface area contributed by atoms with Crippen molar-refractivity contribution >= 4 is 11.8 Å². The Kier molecular flexibility index (Phi) is 7.12. The fraction of sp³-hybridized carbons (Fsp3) is 0.684. The summed E-state index contributed by atoms with van der Waals surface area (Å²) in [5.74, 6) is 2.02. The van der Waals surface area contributed by atoms with Gasteiger partial charge in [0.25, 0.3) is 0 Å². The summed E-state index contributed by atoms with van der Waals surface area (Å²) in [7, 11) is 0. The maximum absolute atomic E-state index is 3.82. The molecule has 1 nitrogen and oxygen atoms in total. The maximum Gasteiger partial charge on any atom is 0.0443 e. The van der Waals surface area contributed by atoms with E-state index in [1.807, 2.05) is 0 Å². The van der Waals surface area contributed by atoms with E-state index in [-0.39, 0.29) is 0 Å². The van der Waals surface area contributed by atoms with Gasteiger partial charge < -0.3 is 5.32 Å². The second kappa shape index (κ2) is 8.85. The largest absolute Gasteiger partial charge is 0.309 e. The molecule has 1 aliphatic rings. The van der Waals surface area contributed by atoms with Crippen LogP contribution in [0.2, 0.25) is 0 Å². The van der Waals surface area contributed by atoms with Crippen LogP contribution in [0.1, 0.15) is 76.0 Å². The minimum absolute atomic E-state index is 0.545. The third-order valence-electron chi connectivity index (χ3n) is 4.51. The molecule has 0 aromatic heterocycles. The number of thioether (sulfide) groups is 1. The molecular formula is C19H31NS. The minimum Gasteiger partial charge on any atom is -0.309 e. The first-order valence-electron chi connectivity index (χ1n) is 8.71. The molecule has 2 rings (SSSR count). The van der Waals surface area contributed by atoms with E-state index in [4.69, 9.17) is 0 Å². The molecule has 0 spiro atoms. The van der Waals surface area contributed by atoms with Gasteiger partial charge in [-0.1, -0.05) is 57.9 Å². The van der Waals surface area contributed by atoms with Crippen LogP contribution in [-0.2, 0) is 0 Å². The van der Waals surface area contributed by atoms with Crippen molar-refractivity contribution in [1.29, 1.82) is 0 Å². The predicted octanol–water partition coefficient (Wildman–Crippen LogP) is 5.53. The number of benzene rings is 1. The Bertz CT molecular complexity index is 418. The topological polar surface area (TPSA) is 12.0 Å². The summed E-state index contributed by atoms with van der Waals surface area (Å²) in [6.07, 6.45) is 6.59. The third-order valence-corrected chi connectivity index (χ3v) is 5.93. The molecule has 3 unspecified atom stereocenters. The zero-order valence-corrected chi connectivity index (χ0v) is 14.7. The molecule has 118 valence electrons. The van der Waals surface area contributed by atoms with Crippen LogP contribution in [0.5, 0.6) is 0 Å². The molecule has 0 bridgehead atoms. The molecule has 1 aliphatic carbocycles. The van der Waals surface area contributed by atoms with E-state index >= 15 is 0 Å². The van der Waals surface area contributed by atoms with Crippen molar-refractivity contribution in [2.75, 3.05) is 12.3 Å². The molecule has 0 heterocycles. The van der Waals surface area contributed by atoms with Crippen molar-refractivity contribution in [3.8, 4) is 0 Å². The number of hydrogen-bond donors (Lipinski definition) is 1. The van der Waals surface area contributed by atoms with Crippen LogP contribution in [0, 0.1) is 0 Å². The van der Waals surface area contributed by atoms with Crippen molar-refractivity contribution in [2.24, 2.45) is 0 Å². The van der Waals surface area contributed by atoms with Crippen LogP contribution in [0.3, 0.4) is 0 Å². The Balaban J connectivity index is 2.08. The lowest BCUT2D eigenvalue weighted by Crippen LogP contribution is -2.36. The highest BCUT2D eigenvalue weighted by molar-refractivity contribution is 7.99. The van der Waals surface area contributed by atoms with E-state index in [1.165, 1.54) is 37.9 Å². The molecule has 1 aromatic rings. The summed E-state index contributed by atoms with van der Waals surface area (Å²) < 4.78 is 0. The van der Waals surface area contributed by atoms with Crippen LogP contribution in [0.4, 0.5) is 0 Å². The molecule has 0 radical (unpaired) electrons. The highest BCUT2D eigenvalue weighted by Gasteiger charge is 2.32. The number of fused-ring (bicyclic) bond motifs is 1. The van der Waals surface area contributed by atoms with Crippen molar-refractivity contribution in [2.45, 2.75) is 70.1 Å². The van der Waals surface area contributed by atoms with Crippen molar-refractivity contribution in [1.82, 2.24) is 5.32 Å². The normalized spacial score (nSPS) is 24.8. The van der Waals surface area contributed by atoms with E-state index in [0.29, 0.717) is 12.0 Å². The van der Waals surface area contributed by atoms with Crippen molar-refractivity contribution < 1.29 is 0 Å². The van der Waals surface area contributed by atoms with Gasteiger partial charge in [-0.2, -0.15) is 11.8 Å². The lowest BCUT2D eigenvalue weighted by molar-refractivity contribution is 0.444. The van der Waals surface area contributed by atoms with Crippen LogP contribution in [-0.4, -0.2) is 17.5 Å². The van der Waals surface area contributed by atoms with Crippen LogP contribution >= 0.6 is 11.8 Å². The summed E-state index contributed by atoms with van der Waals surface area (Å²) in [6, 6.07) is 9.62. The van der Waals surface area contributed by atoms with Crippen molar-refractivity contribution in [3.63, 3.8) is 0 Å². The van der Waals surface area contributed by atoms with E-state index in [2.05, 4.69) is 62.1 Å². The Hall–Kier alpha value is -0.470. The van der Waals surface area contributed by atoms with E-state index in [9.17, 15) is 0 Å². The van der Waals surface area contributed by atoms with Gasteiger partial charge in [-0.25, -0.2) is 0 Å². The van der Waals surface area contributed by atoms with Gasteiger partial charge in [0, 0.05) is 11.3 Å². The summed E-state index contributed by atoms with van der Waals surface area (Å²) in [4.78, 5) is 0. The molecule has 2 heteroatoms. The summed E-state index contributed by atoms with van der Waals surface area (Å²) in [5, 5.41) is 4.55. The first-order chi connectivity index (χ1) is 10.3. The quantitative estimate of drug-likeness (QED) is 0.634. The van der Waals surface area contributed by atoms with Crippen molar-refractivity contribution in [3.05, 3.63) is 35.4 Å². The summed E-state index contributed by atoms with van der Waals surface area (Å²) in [5.41, 5.74) is 3.12. The predicted molar refractivity (Wildman–Crippen MR) is 96.3 cm³/mol. The highest BCUT2D eigenvalue weighted by Crippen LogP contribution is 2.42. The lowest BCUT2D eigenvalue weighted by atomic mass is 9.80. The standard InChI is InChI=1S/C19H31NS/c1-4-6-9-13-21-18-14-15(3)16-10-7-8-11-17(16)19(18)20-12-5-2/h7-8,10-11,15,18-20H,4-6,9,12-14H2,1-3H3. The van der Waals surface area contributed by atoms with Crippen LogP contribution in [0.15, 0.2) is 24.3 Å². The Labute approximate surface area is 135 Å². The van der Waals surface area contributed by atoms with Gasteiger partial charge in [-0.15, -0.1) is 0 Å². The van der Waals surface area contributed by atoms with Crippen LogP contribution in [0.25, 0.3) is 0 Å². The third kappa shape index (κ3) is 4.50. The second-order valence-electron chi connectivity index (χ2n) is 6.31. The average molecular weight is 306 g/mol. The van der Waals surface area contributed by atoms with E-state index < -0.39 is 0 Å². The van der Waals surface area contributed by atoms with Gasteiger partial charge >= 0.3 is 0 Å². The molecule has 1 N–H and O–H groups in total. The van der Waals surface area contributed by atoms with Gasteiger partial charge in [0.05, 0.1) is 0 Å². The average Bonchev–Trinajstić information content (AvgIpc) is 2.51. The van der Waals surface area contributed by atoms with Gasteiger partial charge in [-0.3, -0.25) is 0 Å². The first kappa shape index (κ1) is 16.9. The minimum atomic E-state index is 0.545. The molecule has 0 amide bonds. The number of unbranched alkanes of at least 4 members (excludes halogenated alkanes) is 2. The SMILES string of the molecule is CCCCCSC1CC(C)c2ccccc2C1NCCC. The summed E-state index contributed by atoms with van der Waals surface area (Å²) >= 11 is 2.20. The van der Waals surface area contributed by atoms with Gasteiger partial charge in [0.15, 0.2) is 0 Å². The number of rotatable bonds is 8. The molecule has 1 aromatic carbocycles. The fourth-order valence-electron chi connectivity index (χ4n) is 3.35. The van der Waals surface area contributed by atoms with Crippen LogP contribution < -0.4 is 5.32 Å². The molecule has 0 saturated carbocycles. The molecule has 3 atom stereocenters. The molecule has 0 fully saturated rings. The smallest absolute Gasteiger partial charge is 0.0443 e. The van der Waals surface area contributed by atoms with Gasteiger partial charge in [-0.05, 0) is 48.6 Å². The van der Waals surface area contributed by atoms with E-state index in [0.717, 1.165) is 11.8 Å². The highest BCUT2D eigenvalue weighted by atomic mass is 32.2. The Morgan fingerprint density at radius 2 is 1.86 bits per heavy atom. The molecular weight excluding hydrogens is 274 g/mol. The zero-order chi connectivity index (χ0) is 15.1. The molecule has 21 heavy (non-hydrogen) atoms. The maximum atomic E-state index is 3.82. The zero-order valence-electron chi connectivity index (χ0n) is 13.9.